The highest BCUT2D eigenvalue weighted by Crippen LogP contribution is 2.33. The highest BCUT2D eigenvalue weighted by atomic mass is 19.1. The van der Waals surface area contributed by atoms with Gasteiger partial charge in [-0.25, -0.2) is 9.18 Å². The fourth-order valence-corrected chi connectivity index (χ4v) is 2.69. The Bertz CT molecular complexity index is 602. The Morgan fingerprint density at radius 2 is 1.88 bits per heavy atom. The Morgan fingerprint density at radius 1 is 1.21 bits per heavy atom. The van der Waals surface area contributed by atoms with Gasteiger partial charge < -0.3 is 14.4 Å². The molecule has 1 aliphatic heterocycles. The molecule has 0 N–H and O–H groups in total. The van der Waals surface area contributed by atoms with E-state index in [-0.39, 0.29) is 23.4 Å². The highest BCUT2D eigenvalue weighted by molar-refractivity contribution is 5.68. The van der Waals surface area contributed by atoms with Crippen LogP contribution in [0, 0.1) is 5.82 Å². The molecule has 1 heterocycles. The molecule has 0 aliphatic carbocycles. The summed E-state index contributed by atoms with van der Waals surface area (Å²) in [5.74, 6) is 0.411. The number of likely N-dealkylation sites (tertiary alicyclic amines) is 1. The average Bonchev–Trinajstić information content (AvgIpc) is 2.86. The first-order valence-electron chi connectivity index (χ1n) is 8.40. The highest BCUT2D eigenvalue weighted by Gasteiger charge is 2.32. The summed E-state index contributed by atoms with van der Waals surface area (Å²) in [6.45, 7) is 12.7. The summed E-state index contributed by atoms with van der Waals surface area (Å²) in [6.07, 6.45) is 0.313. The summed E-state index contributed by atoms with van der Waals surface area (Å²) in [4.78, 5) is 13.8. The molecule has 5 heteroatoms. The van der Waals surface area contributed by atoms with Crippen LogP contribution in [0.1, 0.15) is 53.5 Å². The van der Waals surface area contributed by atoms with Gasteiger partial charge in [-0.3, -0.25) is 0 Å². The summed E-state index contributed by atoms with van der Waals surface area (Å²) >= 11 is 0. The summed E-state index contributed by atoms with van der Waals surface area (Å²) < 4.78 is 25.1. The van der Waals surface area contributed by atoms with Crippen LogP contribution in [0.4, 0.5) is 9.18 Å². The molecule has 1 amide bonds. The van der Waals surface area contributed by atoms with Gasteiger partial charge >= 0.3 is 6.09 Å². The standard InChI is InChI=1S/C19H28FNO3/c1-18(2,3)15-11-13(20)7-8-16(15)23-14-9-10-21(12-14)17(22)24-19(4,5)6/h7-8,11,14H,9-10,12H2,1-6H3. The molecule has 1 unspecified atom stereocenters. The van der Waals surface area contributed by atoms with Crippen molar-refractivity contribution in [2.75, 3.05) is 13.1 Å². The first kappa shape index (κ1) is 18.6. The number of ether oxygens (including phenoxy) is 2. The second-order valence-corrected chi connectivity index (χ2v) is 8.35. The zero-order valence-electron chi connectivity index (χ0n) is 15.5. The van der Waals surface area contributed by atoms with Gasteiger partial charge in [0.25, 0.3) is 0 Å². The van der Waals surface area contributed by atoms with E-state index in [1.807, 2.05) is 41.5 Å². The smallest absolute Gasteiger partial charge is 0.410 e. The summed E-state index contributed by atoms with van der Waals surface area (Å²) in [5.41, 5.74) is 0.103. The molecule has 1 atom stereocenters. The van der Waals surface area contributed by atoms with Crippen molar-refractivity contribution in [2.24, 2.45) is 0 Å². The van der Waals surface area contributed by atoms with Gasteiger partial charge in [-0.2, -0.15) is 0 Å². The van der Waals surface area contributed by atoms with Crippen molar-refractivity contribution in [3.63, 3.8) is 0 Å². The van der Waals surface area contributed by atoms with Crippen LogP contribution in [0.15, 0.2) is 18.2 Å². The molecule has 1 saturated heterocycles. The van der Waals surface area contributed by atoms with Crippen LogP contribution < -0.4 is 4.74 Å². The van der Waals surface area contributed by atoms with Crippen LogP contribution in [-0.2, 0) is 10.2 Å². The molecule has 0 saturated carbocycles. The topological polar surface area (TPSA) is 38.8 Å². The third-order valence-corrected chi connectivity index (χ3v) is 3.84. The van der Waals surface area contributed by atoms with Crippen molar-refractivity contribution in [3.8, 4) is 5.75 Å². The van der Waals surface area contributed by atoms with Crippen molar-refractivity contribution < 1.29 is 18.7 Å². The van der Waals surface area contributed by atoms with Crippen molar-refractivity contribution in [1.82, 2.24) is 4.90 Å². The van der Waals surface area contributed by atoms with Gasteiger partial charge in [0.2, 0.25) is 0 Å². The van der Waals surface area contributed by atoms with Crippen LogP contribution >= 0.6 is 0 Å². The molecular weight excluding hydrogens is 309 g/mol. The van der Waals surface area contributed by atoms with Gasteiger partial charge in [-0.1, -0.05) is 20.8 Å². The molecule has 1 aromatic carbocycles. The predicted molar refractivity (Wildman–Crippen MR) is 91.9 cm³/mol. The number of carbonyl (C=O) groups excluding carboxylic acids is 1. The maximum absolute atomic E-state index is 13.6. The Labute approximate surface area is 143 Å². The van der Waals surface area contributed by atoms with E-state index in [1.165, 1.54) is 12.1 Å². The van der Waals surface area contributed by atoms with Gasteiger partial charge in [0, 0.05) is 18.5 Å². The van der Waals surface area contributed by atoms with E-state index >= 15 is 0 Å². The van der Waals surface area contributed by atoms with Crippen LogP contribution in [-0.4, -0.2) is 35.8 Å². The Morgan fingerprint density at radius 3 is 2.46 bits per heavy atom. The fraction of sp³-hybridized carbons (Fsp3) is 0.632. The van der Waals surface area contributed by atoms with Crippen molar-refractivity contribution >= 4 is 6.09 Å². The predicted octanol–water partition coefficient (Wildman–Crippen LogP) is 4.51. The zero-order valence-corrected chi connectivity index (χ0v) is 15.5. The molecule has 1 aliphatic rings. The Balaban J connectivity index is 2.05. The van der Waals surface area contributed by atoms with Crippen LogP contribution in [0.5, 0.6) is 5.75 Å². The number of benzene rings is 1. The second kappa shape index (κ2) is 6.61. The maximum atomic E-state index is 13.6. The molecule has 1 fully saturated rings. The fourth-order valence-electron chi connectivity index (χ4n) is 2.69. The number of hydrogen-bond acceptors (Lipinski definition) is 3. The van der Waals surface area contributed by atoms with Crippen molar-refractivity contribution in [1.29, 1.82) is 0 Å². The number of hydrogen-bond donors (Lipinski definition) is 0. The lowest BCUT2D eigenvalue weighted by atomic mass is 9.86. The largest absolute Gasteiger partial charge is 0.488 e. The minimum atomic E-state index is -0.508. The lowest BCUT2D eigenvalue weighted by molar-refractivity contribution is 0.0275. The number of carbonyl (C=O) groups is 1. The van der Waals surface area contributed by atoms with E-state index in [9.17, 15) is 9.18 Å². The third kappa shape index (κ3) is 4.86. The molecular formula is C19H28FNO3. The van der Waals surface area contributed by atoms with E-state index in [0.29, 0.717) is 18.8 Å². The molecule has 134 valence electrons. The molecule has 24 heavy (non-hydrogen) atoms. The summed E-state index contributed by atoms with van der Waals surface area (Å²) in [7, 11) is 0. The third-order valence-electron chi connectivity index (χ3n) is 3.84. The number of halogens is 1. The molecule has 0 spiro atoms. The molecule has 2 rings (SSSR count). The first-order valence-corrected chi connectivity index (χ1v) is 8.40. The van der Waals surface area contributed by atoms with Gasteiger partial charge in [-0.15, -0.1) is 0 Å². The SMILES string of the molecule is CC(C)(C)OC(=O)N1CCC(Oc2ccc(F)cc2C(C)(C)C)C1. The van der Waals surface area contributed by atoms with Gasteiger partial charge in [-0.05, 0) is 44.4 Å². The van der Waals surface area contributed by atoms with E-state index in [2.05, 4.69) is 0 Å². The van der Waals surface area contributed by atoms with Crippen molar-refractivity contribution in [3.05, 3.63) is 29.6 Å². The Hall–Kier alpha value is -1.78. The van der Waals surface area contributed by atoms with E-state index in [0.717, 1.165) is 12.0 Å². The minimum absolute atomic E-state index is 0.107. The lowest BCUT2D eigenvalue weighted by Crippen LogP contribution is -2.36. The monoisotopic (exact) mass is 337 g/mol. The maximum Gasteiger partial charge on any atom is 0.410 e. The molecule has 1 aromatic rings. The zero-order chi connectivity index (χ0) is 18.1. The van der Waals surface area contributed by atoms with Gasteiger partial charge in [0.15, 0.2) is 0 Å². The van der Waals surface area contributed by atoms with Crippen molar-refractivity contribution in [2.45, 2.75) is 65.1 Å². The molecule has 0 bridgehead atoms. The normalized spacial score (nSPS) is 18.6. The van der Waals surface area contributed by atoms with Gasteiger partial charge in [0.05, 0.1) is 6.54 Å². The van der Waals surface area contributed by atoms with E-state index in [4.69, 9.17) is 9.47 Å². The Kier molecular flexibility index (Phi) is 5.11. The number of amides is 1. The lowest BCUT2D eigenvalue weighted by Gasteiger charge is -2.26. The van der Waals surface area contributed by atoms with Crippen LogP contribution in [0.25, 0.3) is 0 Å². The molecule has 0 radical (unpaired) electrons. The second-order valence-electron chi connectivity index (χ2n) is 8.35. The number of rotatable bonds is 2. The average molecular weight is 337 g/mol. The quantitative estimate of drug-likeness (QED) is 0.797. The summed E-state index contributed by atoms with van der Waals surface area (Å²) in [5, 5.41) is 0. The molecule has 4 nitrogen and oxygen atoms in total. The number of nitrogens with zero attached hydrogens (tertiary/aromatic N) is 1. The van der Waals surface area contributed by atoms with E-state index < -0.39 is 5.60 Å². The first-order chi connectivity index (χ1) is 11.0. The van der Waals surface area contributed by atoms with Gasteiger partial charge in [0.1, 0.15) is 23.3 Å². The van der Waals surface area contributed by atoms with Crippen LogP contribution in [0.3, 0.4) is 0 Å². The molecule has 0 aromatic heterocycles. The van der Waals surface area contributed by atoms with Crippen LogP contribution in [0.2, 0.25) is 0 Å². The van der Waals surface area contributed by atoms with E-state index in [1.54, 1.807) is 11.0 Å². The summed E-state index contributed by atoms with van der Waals surface area (Å²) in [6, 6.07) is 4.60. The minimum Gasteiger partial charge on any atom is -0.488 e.